The second kappa shape index (κ2) is 7.47. The number of nitrogens with zero attached hydrogens (tertiary/aromatic N) is 6. The van der Waals surface area contributed by atoms with E-state index >= 15 is 0 Å². The topological polar surface area (TPSA) is 79.2 Å². The van der Waals surface area contributed by atoms with Crippen molar-refractivity contribution in [1.82, 2.24) is 24.6 Å². The Bertz CT molecular complexity index is 1010. The van der Waals surface area contributed by atoms with Crippen LogP contribution in [0.1, 0.15) is 0 Å². The Morgan fingerprint density at radius 3 is 2.68 bits per heavy atom. The fraction of sp³-hybridized carbons (Fsp3) is 0.333. The molecule has 0 radical (unpaired) electrons. The van der Waals surface area contributed by atoms with E-state index in [0.29, 0.717) is 26.2 Å². The molecule has 0 spiro atoms. The predicted octanol–water partition coefficient (Wildman–Crippen LogP) is 1.40. The molecular weight excluding hydrogens is 368 g/mol. The zero-order valence-electron chi connectivity index (χ0n) is 15.3. The first-order valence-electron chi connectivity index (χ1n) is 8.86. The summed E-state index contributed by atoms with van der Waals surface area (Å²) in [4.78, 5) is 25.0. The molecule has 1 N–H and O–H groups in total. The van der Waals surface area contributed by atoms with Crippen LogP contribution in [-0.4, -0.2) is 63.3 Å². The first-order valence-corrected chi connectivity index (χ1v) is 8.86. The summed E-state index contributed by atoms with van der Waals surface area (Å²) < 4.78 is 27.9. The molecule has 10 heteroatoms. The van der Waals surface area contributed by atoms with Crippen molar-refractivity contribution in [3.8, 4) is 0 Å². The normalized spacial score (nSPS) is 15.2. The molecule has 0 unspecified atom stereocenters. The molecule has 1 aliphatic rings. The van der Waals surface area contributed by atoms with E-state index < -0.39 is 11.6 Å². The second-order valence-electron chi connectivity index (χ2n) is 6.64. The lowest BCUT2D eigenvalue weighted by Crippen LogP contribution is -2.49. The molecule has 8 nitrogen and oxygen atoms in total. The van der Waals surface area contributed by atoms with E-state index in [9.17, 15) is 13.6 Å². The number of fused-ring (bicyclic) bond motifs is 1. The molecule has 1 aliphatic heterocycles. The summed E-state index contributed by atoms with van der Waals surface area (Å²) in [7, 11) is 1.84. The monoisotopic (exact) mass is 387 g/mol. The van der Waals surface area contributed by atoms with Gasteiger partial charge in [-0.15, -0.1) is 0 Å². The lowest BCUT2D eigenvalue weighted by Gasteiger charge is -2.35. The summed E-state index contributed by atoms with van der Waals surface area (Å²) >= 11 is 0. The van der Waals surface area contributed by atoms with E-state index in [-0.39, 0.29) is 18.1 Å². The molecule has 3 aromatic rings. The molecule has 0 aliphatic carbocycles. The summed E-state index contributed by atoms with van der Waals surface area (Å²) in [5.74, 6) is -1.36. The number of hydrogen-bond donors (Lipinski definition) is 1. The van der Waals surface area contributed by atoms with Gasteiger partial charge in [0.2, 0.25) is 5.91 Å². The first-order chi connectivity index (χ1) is 13.5. The zero-order chi connectivity index (χ0) is 19.7. The smallest absolute Gasteiger partial charge is 0.238 e. The fourth-order valence-corrected chi connectivity index (χ4v) is 3.30. The lowest BCUT2D eigenvalue weighted by molar-refractivity contribution is -0.117. The van der Waals surface area contributed by atoms with Gasteiger partial charge in [0.05, 0.1) is 18.1 Å². The van der Waals surface area contributed by atoms with Gasteiger partial charge in [0.1, 0.15) is 12.1 Å². The Morgan fingerprint density at radius 1 is 1.14 bits per heavy atom. The maximum atomic E-state index is 13.2. The highest BCUT2D eigenvalue weighted by atomic mass is 19.2. The van der Waals surface area contributed by atoms with Crippen LogP contribution in [0.4, 0.5) is 20.3 Å². The van der Waals surface area contributed by atoms with Gasteiger partial charge in [0, 0.05) is 45.0 Å². The van der Waals surface area contributed by atoms with Crippen molar-refractivity contribution in [1.29, 1.82) is 0 Å². The summed E-state index contributed by atoms with van der Waals surface area (Å²) in [6.45, 7) is 2.95. The standard InChI is InChI=1S/C18H19F2N7O/c1-25-17-13(9-23-25)18(22-11-21-17)27-6-4-26(5-7-27)10-16(28)24-12-2-3-14(19)15(20)8-12/h2-3,8-9,11H,4-7,10H2,1H3,(H,24,28). The molecule has 1 amide bonds. The van der Waals surface area contributed by atoms with Crippen molar-refractivity contribution < 1.29 is 13.6 Å². The molecular formula is C18H19F2N7O. The molecule has 146 valence electrons. The molecule has 1 aromatic carbocycles. The lowest BCUT2D eigenvalue weighted by atomic mass is 10.2. The van der Waals surface area contributed by atoms with Crippen molar-refractivity contribution in [2.24, 2.45) is 7.05 Å². The van der Waals surface area contributed by atoms with E-state index in [1.54, 1.807) is 10.9 Å². The van der Waals surface area contributed by atoms with Gasteiger partial charge in [-0.05, 0) is 12.1 Å². The molecule has 2 aromatic heterocycles. The molecule has 28 heavy (non-hydrogen) atoms. The Morgan fingerprint density at radius 2 is 1.93 bits per heavy atom. The number of nitrogens with one attached hydrogen (secondary N) is 1. The van der Waals surface area contributed by atoms with Gasteiger partial charge in [-0.25, -0.2) is 18.7 Å². The van der Waals surface area contributed by atoms with Crippen molar-refractivity contribution in [2.75, 3.05) is 42.9 Å². The average Bonchev–Trinajstić information content (AvgIpc) is 3.07. The fourth-order valence-electron chi connectivity index (χ4n) is 3.30. The number of benzene rings is 1. The van der Waals surface area contributed by atoms with E-state index in [1.807, 2.05) is 11.9 Å². The van der Waals surface area contributed by atoms with Crippen LogP contribution >= 0.6 is 0 Å². The van der Waals surface area contributed by atoms with Gasteiger partial charge in [0.25, 0.3) is 0 Å². The third kappa shape index (κ3) is 3.63. The maximum Gasteiger partial charge on any atom is 0.238 e. The van der Waals surface area contributed by atoms with Crippen LogP contribution in [0.25, 0.3) is 11.0 Å². The summed E-state index contributed by atoms with van der Waals surface area (Å²) in [6.07, 6.45) is 3.29. The van der Waals surface area contributed by atoms with Crippen LogP contribution in [-0.2, 0) is 11.8 Å². The Kier molecular flexibility index (Phi) is 4.86. The van der Waals surface area contributed by atoms with Gasteiger partial charge in [-0.1, -0.05) is 0 Å². The van der Waals surface area contributed by atoms with E-state index in [1.165, 1.54) is 12.4 Å². The van der Waals surface area contributed by atoms with Crippen LogP contribution in [0.5, 0.6) is 0 Å². The Hall–Kier alpha value is -3.14. The molecule has 4 rings (SSSR count). The third-order valence-corrected chi connectivity index (χ3v) is 4.75. The minimum Gasteiger partial charge on any atom is -0.353 e. The first kappa shape index (κ1) is 18.2. The number of aromatic nitrogens is 4. The SMILES string of the molecule is Cn1ncc2c(N3CCN(CC(=O)Nc4ccc(F)c(F)c4)CC3)ncnc21. The Labute approximate surface area is 159 Å². The number of carbonyl (C=O) groups is 1. The summed E-state index contributed by atoms with van der Waals surface area (Å²) in [5.41, 5.74) is 1.01. The predicted molar refractivity (Wildman–Crippen MR) is 99.9 cm³/mol. The number of piperazine rings is 1. The van der Waals surface area contributed by atoms with Crippen molar-refractivity contribution >= 4 is 28.4 Å². The van der Waals surface area contributed by atoms with Gasteiger partial charge in [-0.3, -0.25) is 14.4 Å². The van der Waals surface area contributed by atoms with Crippen LogP contribution in [0.2, 0.25) is 0 Å². The van der Waals surface area contributed by atoms with Crippen molar-refractivity contribution in [2.45, 2.75) is 0 Å². The van der Waals surface area contributed by atoms with Crippen LogP contribution < -0.4 is 10.2 Å². The zero-order valence-corrected chi connectivity index (χ0v) is 15.3. The van der Waals surface area contributed by atoms with Crippen LogP contribution in [0.3, 0.4) is 0 Å². The largest absolute Gasteiger partial charge is 0.353 e. The highest BCUT2D eigenvalue weighted by Crippen LogP contribution is 2.23. The molecule has 1 saturated heterocycles. The van der Waals surface area contributed by atoms with Crippen molar-refractivity contribution in [3.05, 3.63) is 42.4 Å². The number of hydrogen-bond acceptors (Lipinski definition) is 6. The molecule has 3 heterocycles. The highest BCUT2D eigenvalue weighted by Gasteiger charge is 2.22. The van der Waals surface area contributed by atoms with Gasteiger partial charge in [-0.2, -0.15) is 5.10 Å². The number of carbonyl (C=O) groups excluding carboxylic acids is 1. The minimum absolute atomic E-state index is 0.179. The van der Waals surface area contributed by atoms with Gasteiger partial charge in [0.15, 0.2) is 17.3 Å². The van der Waals surface area contributed by atoms with E-state index in [4.69, 9.17) is 0 Å². The molecule has 0 atom stereocenters. The molecule has 0 saturated carbocycles. The number of aryl methyl sites for hydroxylation is 1. The summed E-state index contributed by atoms with van der Waals surface area (Å²) in [5, 5.41) is 7.72. The van der Waals surface area contributed by atoms with Crippen LogP contribution in [0, 0.1) is 11.6 Å². The van der Waals surface area contributed by atoms with Crippen molar-refractivity contribution in [3.63, 3.8) is 0 Å². The van der Waals surface area contributed by atoms with E-state index in [2.05, 4.69) is 25.3 Å². The number of anilines is 2. The number of rotatable bonds is 4. The average molecular weight is 387 g/mol. The summed E-state index contributed by atoms with van der Waals surface area (Å²) in [6, 6.07) is 3.30. The number of amides is 1. The van der Waals surface area contributed by atoms with Gasteiger partial charge >= 0.3 is 0 Å². The Balaban J connectivity index is 1.35. The van der Waals surface area contributed by atoms with Gasteiger partial charge < -0.3 is 10.2 Å². The second-order valence-corrected chi connectivity index (χ2v) is 6.64. The third-order valence-electron chi connectivity index (χ3n) is 4.75. The molecule has 1 fully saturated rings. The maximum absolute atomic E-state index is 13.2. The highest BCUT2D eigenvalue weighted by molar-refractivity contribution is 5.92. The van der Waals surface area contributed by atoms with Crippen LogP contribution in [0.15, 0.2) is 30.7 Å². The molecule has 0 bridgehead atoms. The quantitative estimate of drug-likeness (QED) is 0.729. The minimum atomic E-state index is -0.988. The van der Waals surface area contributed by atoms with E-state index in [0.717, 1.165) is 29.0 Å². The number of halogens is 2.